The standard InChI is InChI=1S/C26H27N5O/c1-16-6-8-21(9-7-16)15-24-19(4)29-20(5)30-25(24)31-22-10-12-23(13-11-22)32-26-27-17(2)14-18(3)28-26/h6-14H,15H2,1-5H3,(H,29,30,31). The van der Waals surface area contributed by atoms with E-state index in [0.29, 0.717) is 11.8 Å². The zero-order chi connectivity index (χ0) is 22.7. The summed E-state index contributed by atoms with van der Waals surface area (Å²) >= 11 is 0. The van der Waals surface area contributed by atoms with Crippen molar-refractivity contribution in [1.29, 1.82) is 0 Å². The molecule has 6 nitrogen and oxygen atoms in total. The fourth-order valence-electron chi connectivity index (χ4n) is 3.55. The van der Waals surface area contributed by atoms with Gasteiger partial charge >= 0.3 is 6.01 Å². The molecule has 4 aromatic rings. The van der Waals surface area contributed by atoms with E-state index in [1.165, 1.54) is 11.1 Å². The normalized spacial score (nSPS) is 10.8. The van der Waals surface area contributed by atoms with Crippen LogP contribution < -0.4 is 10.1 Å². The molecule has 0 saturated heterocycles. The van der Waals surface area contributed by atoms with Crippen LogP contribution in [0.2, 0.25) is 0 Å². The number of nitrogens with one attached hydrogen (secondary N) is 1. The van der Waals surface area contributed by atoms with Crippen LogP contribution in [-0.4, -0.2) is 19.9 Å². The Labute approximate surface area is 188 Å². The molecular weight excluding hydrogens is 398 g/mol. The predicted octanol–water partition coefficient (Wildman–Crippen LogP) is 5.94. The molecule has 0 aliphatic rings. The molecule has 32 heavy (non-hydrogen) atoms. The first-order chi connectivity index (χ1) is 15.4. The van der Waals surface area contributed by atoms with Crippen molar-refractivity contribution in [2.75, 3.05) is 5.32 Å². The minimum atomic E-state index is 0.352. The summed E-state index contributed by atoms with van der Waals surface area (Å²) in [6, 6.07) is 18.5. The third-order valence-corrected chi connectivity index (χ3v) is 5.12. The van der Waals surface area contributed by atoms with E-state index in [-0.39, 0.29) is 0 Å². The molecule has 4 rings (SSSR count). The molecule has 0 atom stereocenters. The maximum atomic E-state index is 5.82. The average Bonchev–Trinajstić information content (AvgIpc) is 2.72. The van der Waals surface area contributed by atoms with Crippen LogP contribution in [0.4, 0.5) is 11.5 Å². The van der Waals surface area contributed by atoms with Crippen LogP contribution in [0.15, 0.2) is 54.6 Å². The summed E-state index contributed by atoms with van der Waals surface area (Å²) in [6.07, 6.45) is 0.764. The third kappa shape index (κ3) is 5.27. The molecule has 6 heteroatoms. The molecule has 0 aliphatic heterocycles. The van der Waals surface area contributed by atoms with Crippen LogP contribution in [-0.2, 0) is 6.42 Å². The predicted molar refractivity (Wildman–Crippen MR) is 127 cm³/mol. The molecule has 0 amide bonds. The van der Waals surface area contributed by atoms with Crippen LogP contribution in [0, 0.1) is 34.6 Å². The van der Waals surface area contributed by atoms with Crippen molar-refractivity contribution in [1.82, 2.24) is 19.9 Å². The summed E-state index contributed by atoms with van der Waals surface area (Å²) in [7, 11) is 0. The van der Waals surface area contributed by atoms with Gasteiger partial charge in [-0.2, -0.15) is 0 Å². The van der Waals surface area contributed by atoms with E-state index in [4.69, 9.17) is 4.74 Å². The molecule has 162 valence electrons. The summed E-state index contributed by atoms with van der Waals surface area (Å²) in [5.74, 6) is 2.24. The monoisotopic (exact) mass is 425 g/mol. The molecular formula is C26H27N5O. The van der Waals surface area contributed by atoms with E-state index in [2.05, 4.69) is 56.4 Å². The minimum absolute atomic E-state index is 0.352. The van der Waals surface area contributed by atoms with Crippen molar-refractivity contribution in [2.24, 2.45) is 0 Å². The highest BCUT2D eigenvalue weighted by Crippen LogP contribution is 2.26. The highest BCUT2D eigenvalue weighted by Gasteiger charge is 2.12. The van der Waals surface area contributed by atoms with Gasteiger partial charge in [0.1, 0.15) is 17.4 Å². The van der Waals surface area contributed by atoms with Gasteiger partial charge in [0.05, 0.1) is 0 Å². The van der Waals surface area contributed by atoms with E-state index >= 15 is 0 Å². The number of rotatable bonds is 6. The topological polar surface area (TPSA) is 72.8 Å². The van der Waals surface area contributed by atoms with Crippen LogP contribution in [0.25, 0.3) is 0 Å². The number of hydrogen-bond donors (Lipinski definition) is 1. The van der Waals surface area contributed by atoms with Gasteiger partial charge in [-0.1, -0.05) is 29.8 Å². The number of hydrogen-bond acceptors (Lipinski definition) is 6. The van der Waals surface area contributed by atoms with E-state index in [1.54, 1.807) is 0 Å². The van der Waals surface area contributed by atoms with Gasteiger partial charge in [0.15, 0.2) is 0 Å². The first kappa shape index (κ1) is 21.4. The Hall–Kier alpha value is -3.80. The second-order valence-electron chi connectivity index (χ2n) is 8.03. The van der Waals surface area contributed by atoms with Crippen molar-refractivity contribution < 1.29 is 4.74 Å². The Morgan fingerprint density at radius 3 is 2.06 bits per heavy atom. The van der Waals surface area contributed by atoms with Crippen LogP contribution in [0.5, 0.6) is 11.8 Å². The molecule has 0 saturated carbocycles. The molecule has 0 aliphatic carbocycles. The van der Waals surface area contributed by atoms with Gasteiger partial charge in [-0.15, -0.1) is 0 Å². The SMILES string of the molecule is Cc1ccc(Cc2c(C)nc(C)nc2Nc2ccc(Oc3nc(C)cc(C)n3)cc2)cc1. The van der Waals surface area contributed by atoms with Crippen LogP contribution in [0.3, 0.4) is 0 Å². The van der Waals surface area contributed by atoms with Gasteiger partial charge in [0.25, 0.3) is 0 Å². The van der Waals surface area contributed by atoms with E-state index in [0.717, 1.165) is 46.4 Å². The molecule has 0 radical (unpaired) electrons. The van der Waals surface area contributed by atoms with E-state index in [1.807, 2.05) is 58.0 Å². The lowest BCUT2D eigenvalue weighted by molar-refractivity contribution is 0.439. The Kier molecular flexibility index (Phi) is 6.12. The van der Waals surface area contributed by atoms with E-state index in [9.17, 15) is 0 Å². The number of aryl methyl sites for hydroxylation is 5. The fourth-order valence-corrected chi connectivity index (χ4v) is 3.55. The Morgan fingerprint density at radius 2 is 1.41 bits per heavy atom. The molecule has 2 heterocycles. The summed E-state index contributed by atoms with van der Waals surface area (Å²) in [6.45, 7) is 9.89. The number of ether oxygens (including phenoxy) is 1. The molecule has 0 fully saturated rings. The number of aromatic nitrogens is 4. The first-order valence-corrected chi connectivity index (χ1v) is 10.6. The summed E-state index contributed by atoms with van der Waals surface area (Å²) in [5, 5.41) is 3.46. The van der Waals surface area contributed by atoms with Crippen molar-refractivity contribution in [3.05, 3.63) is 94.2 Å². The van der Waals surface area contributed by atoms with Crippen LogP contribution >= 0.6 is 0 Å². The Balaban J connectivity index is 1.55. The van der Waals surface area contributed by atoms with Crippen molar-refractivity contribution >= 4 is 11.5 Å². The van der Waals surface area contributed by atoms with Crippen molar-refractivity contribution in [2.45, 2.75) is 41.0 Å². The second kappa shape index (κ2) is 9.14. The highest BCUT2D eigenvalue weighted by atomic mass is 16.5. The number of anilines is 2. The van der Waals surface area contributed by atoms with Crippen molar-refractivity contribution in [3.8, 4) is 11.8 Å². The summed E-state index contributed by atoms with van der Waals surface area (Å²) in [5.41, 5.74) is 7.21. The Morgan fingerprint density at radius 1 is 0.750 bits per heavy atom. The molecule has 2 aromatic heterocycles. The van der Waals surface area contributed by atoms with Gasteiger partial charge < -0.3 is 10.1 Å². The number of benzene rings is 2. The van der Waals surface area contributed by atoms with Gasteiger partial charge in [0.2, 0.25) is 0 Å². The maximum Gasteiger partial charge on any atom is 0.322 e. The zero-order valence-electron chi connectivity index (χ0n) is 19.1. The molecule has 0 spiro atoms. The van der Waals surface area contributed by atoms with Gasteiger partial charge in [-0.05, 0) is 70.5 Å². The lowest BCUT2D eigenvalue weighted by Gasteiger charge is -2.15. The average molecular weight is 426 g/mol. The first-order valence-electron chi connectivity index (χ1n) is 10.6. The summed E-state index contributed by atoms with van der Waals surface area (Å²) < 4.78 is 5.82. The second-order valence-corrected chi connectivity index (χ2v) is 8.03. The Bertz CT molecular complexity index is 1210. The highest BCUT2D eigenvalue weighted by molar-refractivity contribution is 5.61. The lowest BCUT2D eigenvalue weighted by Crippen LogP contribution is -2.06. The lowest BCUT2D eigenvalue weighted by atomic mass is 10.0. The molecule has 2 aromatic carbocycles. The smallest absolute Gasteiger partial charge is 0.322 e. The molecule has 1 N–H and O–H groups in total. The quantitative estimate of drug-likeness (QED) is 0.412. The largest absolute Gasteiger partial charge is 0.424 e. The molecule has 0 unspecified atom stereocenters. The fraction of sp³-hybridized carbons (Fsp3) is 0.231. The van der Waals surface area contributed by atoms with Gasteiger partial charge in [-0.25, -0.2) is 19.9 Å². The summed E-state index contributed by atoms with van der Waals surface area (Å²) in [4.78, 5) is 17.9. The van der Waals surface area contributed by atoms with E-state index < -0.39 is 0 Å². The maximum absolute atomic E-state index is 5.82. The number of nitrogens with zero attached hydrogens (tertiary/aromatic N) is 4. The zero-order valence-corrected chi connectivity index (χ0v) is 19.1. The van der Waals surface area contributed by atoms with Crippen molar-refractivity contribution in [3.63, 3.8) is 0 Å². The van der Waals surface area contributed by atoms with Gasteiger partial charge in [-0.3, -0.25) is 0 Å². The van der Waals surface area contributed by atoms with Gasteiger partial charge in [0, 0.05) is 34.8 Å². The minimum Gasteiger partial charge on any atom is -0.424 e. The molecule has 0 bridgehead atoms. The third-order valence-electron chi connectivity index (χ3n) is 5.12. The van der Waals surface area contributed by atoms with Crippen LogP contribution in [0.1, 0.15) is 39.6 Å².